The Morgan fingerprint density at radius 2 is 1.68 bits per heavy atom. The molecular weight excluding hydrogens is 336 g/mol. The van der Waals surface area contributed by atoms with Crippen LogP contribution in [0.3, 0.4) is 0 Å². The van der Waals surface area contributed by atoms with Crippen LogP contribution in [-0.2, 0) is 16.1 Å². The molecule has 1 aromatic heterocycles. The molecule has 0 fully saturated rings. The normalized spacial score (nSPS) is 10.2. The number of hydrogen-bond donors (Lipinski definition) is 1. The zero-order valence-electron chi connectivity index (χ0n) is 13.3. The molecule has 0 aliphatic rings. The van der Waals surface area contributed by atoms with Crippen LogP contribution in [0.2, 0.25) is 0 Å². The summed E-state index contributed by atoms with van der Waals surface area (Å²) >= 11 is 1.38. The molecule has 126 valence electrons. The van der Waals surface area contributed by atoms with Crippen LogP contribution in [0.4, 0.5) is 0 Å². The zero-order chi connectivity index (χ0) is 17.5. The van der Waals surface area contributed by atoms with Crippen molar-refractivity contribution in [2.24, 2.45) is 0 Å². The maximum absolute atomic E-state index is 12.1. The van der Waals surface area contributed by atoms with E-state index in [4.69, 9.17) is 4.74 Å². The molecular formula is C19H16N2O3S. The molecule has 0 unspecified atom stereocenters. The molecule has 25 heavy (non-hydrogen) atoms. The molecule has 0 spiro atoms. The van der Waals surface area contributed by atoms with Gasteiger partial charge in [0.25, 0.3) is 5.91 Å². The quantitative estimate of drug-likeness (QED) is 0.691. The van der Waals surface area contributed by atoms with Crippen molar-refractivity contribution in [1.29, 1.82) is 0 Å². The maximum atomic E-state index is 12.1. The third-order valence-electron chi connectivity index (χ3n) is 3.39. The average Bonchev–Trinajstić information content (AvgIpc) is 3.16. The molecule has 0 aliphatic heterocycles. The van der Waals surface area contributed by atoms with E-state index in [1.807, 2.05) is 60.7 Å². The molecule has 0 radical (unpaired) electrons. The van der Waals surface area contributed by atoms with Crippen LogP contribution >= 0.6 is 11.3 Å². The van der Waals surface area contributed by atoms with Crippen molar-refractivity contribution in [2.75, 3.05) is 6.54 Å². The van der Waals surface area contributed by atoms with E-state index in [1.165, 1.54) is 11.3 Å². The summed E-state index contributed by atoms with van der Waals surface area (Å²) in [6, 6.07) is 19.0. The van der Waals surface area contributed by atoms with Crippen molar-refractivity contribution in [3.8, 4) is 10.6 Å². The Kier molecular flexibility index (Phi) is 5.53. The van der Waals surface area contributed by atoms with E-state index >= 15 is 0 Å². The summed E-state index contributed by atoms with van der Waals surface area (Å²) in [6.45, 7) is -0.00569. The van der Waals surface area contributed by atoms with Gasteiger partial charge in [0, 0.05) is 10.9 Å². The van der Waals surface area contributed by atoms with Gasteiger partial charge in [-0.3, -0.25) is 9.59 Å². The molecule has 0 saturated carbocycles. The number of nitrogens with zero attached hydrogens (tertiary/aromatic N) is 1. The van der Waals surface area contributed by atoms with Gasteiger partial charge in [0.1, 0.15) is 23.9 Å². The van der Waals surface area contributed by atoms with Gasteiger partial charge >= 0.3 is 5.97 Å². The van der Waals surface area contributed by atoms with Gasteiger partial charge in [-0.15, -0.1) is 11.3 Å². The summed E-state index contributed by atoms with van der Waals surface area (Å²) in [5.74, 6) is -0.884. The minimum atomic E-state index is -0.490. The highest BCUT2D eigenvalue weighted by atomic mass is 32.1. The van der Waals surface area contributed by atoms with E-state index in [9.17, 15) is 9.59 Å². The topological polar surface area (TPSA) is 68.3 Å². The van der Waals surface area contributed by atoms with Crippen molar-refractivity contribution in [2.45, 2.75) is 6.61 Å². The third-order valence-corrected chi connectivity index (χ3v) is 4.28. The minimum Gasteiger partial charge on any atom is -0.460 e. The largest absolute Gasteiger partial charge is 0.460 e. The zero-order valence-corrected chi connectivity index (χ0v) is 14.2. The van der Waals surface area contributed by atoms with Gasteiger partial charge in [-0.25, -0.2) is 4.98 Å². The molecule has 3 rings (SSSR count). The third kappa shape index (κ3) is 4.74. The maximum Gasteiger partial charge on any atom is 0.325 e. The van der Waals surface area contributed by atoms with Crippen LogP contribution < -0.4 is 5.32 Å². The Bertz CT molecular complexity index is 847. The Morgan fingerprint density at radius 1 is 1.00 bits per heavy atom. The second kappa shape index (κ2) is 8.21. The average molecular weight is 352 g/mol. The minimum absolute atomic E-state index is 0.185. The van der Waals surface area contributed by atoms with E-state index in [0.717, 1.165) is 16.1 Å². The van der Waals surface area contributed by atoms with E-state index in [0.29, 0.717) is 5.69 Å². The first kappa shape index (κ1) is 16.9. The van der Waals surface area contributed by atoms with Crippen LogP contribution in [0.25, 0.3) is 10.6 Å². The highest BCUT2D eigenvalue weighted by Gasteiger charge is 2.13. The number of ether oxygens (including phenoxy) is 1. The number of esters is 1. The van der Waals surface area contributed by atoms with Crippen LogP contribution in [0, 0.1) is 0 Å². The second-order valence-electron chi connectivity index (χ2n) is 5.23. The van der Waals surface area contributed by atoms with Crippen LogP contribution in [0.15, 0.2) is 66.0 Å². The molecule has 0 saturated heterocycles. The molecule has 1 heterocycles. The number of thiazole rings is 1. The summed E-state index contributed by atoms with van der Waals surface area (Å²) < 4.78 is 5.12. The molecule has 6 heteroatoms. The summed E-state index contributed by atoms with van der Waals surface area (Å²) in [7, 11) is 0. The van der Waals surface area contributed by atoms with Crippen molar-refractivity contribution in [1.82, 2.24) is 10.3 Å². The van der Waals surface area contributed by atoms with Gasteiger partial charge < -0.3 is 10.1 Å². The Morgan fingerprint density at radius 3 is 2.40 bits per heavy atom. The van der Waals surface area contributed by atoms with Crippen molar-refractivity contribution in [3.05, 3.63) is 77.3 Å². The Hall–Kier alpha value is -2.99. The number of amides is 1. The first-order valence-electron chi connectivity index (χ1n) is 7.71. The molecule has 0 bridgehead atoms. The summed E-state index contributed by atoms with van der Waals surface area (Å²) in [6.07, 6.45) is 0. The fraction of sp³-hybridized carbons (Fsp3) is 0.105. The monoisotopic (exact) mass is 352 g/mol. The lowest BCUT2D eigenvalue weighted by atomic mass is 10.2. The lowest BCUT2D eigenvalue weighted by molar-refractivity contribution is -0.143. The van der Waals surface area contributed by atoms with Crippen LogP contribution in [0.5, 0.6) is 0 Å². The standard InChI is InChI=1S/C19H16N2O3S/c22-17(24-12-14-7-3-1-4-8-14)11-20-18(23)16-13-25-19(21-16)15-9-5-2-6-10-15/h1-10,13H,11-12H2,(H,20,23). The smallest absolute Gasteiger partial charge is 0.325 e. The van der Waals surface area contributed by atoms with Crippen LogP contribution in [0.1, 0.15) is 16.1 Å². The molecule has 2 aromatic carbocycles. The number of benzene rings is 2. The highest BCUT2D eigenvalue weighted by Crippen LogP contribution is 2.23. The van der Waals surface area contributed by atoms with Crippen LogP contribution in [-0.4, -0.2) is 23.4 Å². The molecule has 5 nitrogen and oxygen atoms in total. The van der Waals surface area contributed by atoms with Gasteiger partial charge in [-0.1, -0.05) is 60.7 Å². The van der Waals surface area contributed by atoms with Crippen molar-refractivity contribution >= 4 is 23.2 Å². The van der Waals surface area contributed by atoms with Gasteiger partial charge in [0.2, 0.25) is 0 Å². The van der Waals surface area contributed by atoms with E-state index < -0.39 is 11.9 Å². The van der Waals surface area contributed by atoms with Gasteiger partial charge in [-0.2, -0.15) is 0 Å². The number of aromatic nitrogens is 1. The molecule has 0 aliphatic carbocycles. The lowest BCUT2D eigenvalue weighted by Gasteiger charge is -2.05. The predicted octanol–water partition coefficient (Wildman–Crippen LogP) is 3.28. The van der Waals surface area contributed by atoms with Crippen molar-refractivity contribution < 1.29 is 14.3 Å². The summed E-state index contributed by atoms with van der Waals surface area (Å²) in [5.41, 5.74) is 2.14. The molecule has 1 amide bonds. The number of rotatable bonds is 6. The van der Waals surface area contributed by atoms with E-state index in [-0.39, 0.29) is 13.2 Å². The number of carbonyl (C=O) groups excluding carboxylic acids is 2. The van der Waals surface area contributed by atoms with Gasteiger partial charge in [0.05, 0.1) is 0 Å². The first-order chi connectivity index (χ1) is 12.2. The fourth-order valence-electron chi connectivity index (χ4n) is 2.12. The summed E-state index contributed by atoms with van der Waals surface area (Å²) in [4.78, 5) is 28.1. The molecule has 0 atom stereocenters. The molecule has 1 N–H and O–H groups in total. The fourth-order valence-corrected chi connectivity index (χ4v) is 2.93. The number of hydrogen-bond acceptors (Lipinski definition) is 5. The Labute approximate surface area is 149 Å². The predicted molar refractivity (Wildman–Crippen MR) is 96.1 cm³/mol. The van der Waals surface area contributed by atoms with E-state index in [2.05, 4.69) is 10.3 Å². The van der Waals surface area contributed by atoms with Crippen molar-refractivity contribution in [3.63, 3.8) is 0 Å². The first-order valence-corrected chi connectivity index (χ1v) is 8.59. The van der Waals surface area contributed by atoms with Gasteiger partial charge in [-0.05, 0) is 5.56 Å². The van der Waals surface area contributed by atoms with Gasteiger partial charge in [0.15, 0.2) is 0 Å². The summed E-state index contributed by atoms with van der Waals surface area (Å²) in [5, 5.41) is 4.97. The molecule has 3 aromatic rings. The number of carbonyl (C=O) groups is 2. The van der Waals surface area contributed by atoms with E-state index in [1.54, 1.807) is 5.38 Å². The SMILES string of the molecule is O=C(CNC(=O)c1csc(-c2ccccc2)n1)OCc1ccccc1. The lowest BCUT2D eigenvalue weighted by Crippen LogP contribution is -2.30. The number of nitrogens with one attached hydrogen (secondary N) is 1. The Balaban J connectivity index is 1.49. The second-order valence-corrected chi connectivity index (χ2v) is 6.09. The highest BCUT2D eigenvalue weighted by molar-refractivity contribution is 7.13.